The summed E-state index contributed by atoms with van der Waals surface area (Å²) in [6, 6.07) is 0. The Morgan fingerprint density at radius 1 is 0.462 bits per heavy atom. The fraction of sp³-hybridized carbons (Fsp3) is 0.667. The maximum atomic E-state index is 7.61. The van der Waals surface area contributed by atoms with Crippen molar-refractivity contribution >= 4 is 0 Å². The van der Waals surface area contributed by atoms with Gasteiger partial charge in [0.2, 0.25) is 0 Å². The summed E-state index contributed by atoms with van der Waals surface area (Å²) in [5, 5.41) is 68.3. The first-order valence-corrected chi connectivity index (χ1v) is 6.07. The van der Waals surface area contributed by atoms with Gasteiger partial charge >= 0.3 is 0 Å². The summed E-state index contributed by atoms with van der Waals surface area (Å²) in [5.41, 5.74) is 0. The Morgan fingerprint density at radius 2 is 0.538 bits per heavy atom. The van der Waals surface area contributed by atoms with Crippen molar-refractivity contribution in [1.29, 1.82) is 0 Å². The van der Waals surface area contributed by atoms with Crippen molar-refractivity contribution < 1.29 is 92.9 Å². The van der Waals surface area contributed by atoms with Gasteiger partial charge in [-0.25, -0.2) is 0 Å². The van der Waals surface area contributed by atoms with Crippen LogP contribution in [0.4, 0.5) is 0 Å². The fourth-order valence-electron chi connectivity index (χ4n) is 0.253. The van der Waals surface area contributed by atoms with E-state index in [0.717, 1.165) is 0 Å². The van der Waals surface area contributed by atoms with Gasteiger partial charge in [-0.15, -0.1) is 0 Å². The van der Waals surface area contributed by atoms with E-state index in [4.69, 9.17) is 40.9 Å². The Labute approximate surface area is 187 Å². The van der Waals surface area contributed by atoms with Crippen molar-refractivity contribution in [3.63, 3.8) is 0 Å². The van der Waals surface area contributed by atoms with E-state index < -0.39 is 25.2 Å². The van der Waals surface area contributed by atoms with Gasteiger partial charge in [-0.3, -0.25) is 0 Å². The van der Waals surface area contributed by atoms with Gasteiger partial charge in [-0.1, -0.05) is 0 Å². The number of aliphatic hydroxyl groups excluding tert-OH is 4. The van der Waals surface area contributed by atoms with E-state index in [1.54, 1.807) is 24.8 Å². The molecule has 0 spiro atoms. The Kier molecular flexibility index (Phi) is 86.3. The molecule has 1 heterocycles. The normalized spacial score (nSPS) is 9.23. The largest absolute Gasteiger partial charge is 0.693 e. The molecule has 0 saturated carbocycles. The molecular weight excluding hydrogens is 470 g/mol. The van der Waals surface area contributed by atoms with Crippen molar-refractivity contribution in [1.82, 2.24) is 0 Å². The molecule has 14 heteroatoms. The third-order valence-electron chi connectivity index (χ3n) is 0.478. The van der Waals surface area contributed by atoms with Crippen LogP contribution in [-0.2, 0) is 52.1 Å². The van der Waals surface area contributed by atoms with E-state index in [-0.39, 0.29) is 58.2 Å². The zero-order valence-corrected chi connectivity index (χ0v) is 18.7. The SMILES string of the molecule is C1=C[N-]C=C[N-]1.CC(O)O.CC(O)O.CC(O)O.CC(O)O.[Cr].[Cr].[Cr].[NH2-]. The number of hydrogen-bond acceptors (Lipinski definition) is 8. The number of aliphatic hydroxyl groups is 8. The predicted molar refractivity (Wildman–Crippen MR) is 85.9 cm³/mol. The predicted octanol–water partition coefficient (Wildman–Crippen LogP) is -0.333. The van der Waals surface area contributed by atoms with E-state index in [0.29, 0.717) is 0 Å². The van der Waals surface area contributed by atoms with Crippen LogP contribution < -0.4 is 0 Å². The average molecular weight is 500 g/mol. The smallest absolute Gasteiger partial charge is 0.148 e. The first-order chi connectivity index (χ1) is 9.93. The summed E-state index contributed by atoms with van der Waals surface area (Å²) < 4.78 is 0. The Morgan fingerprint density at radius 3 is 0.577 bits per heavy atom. The van der Waals surface area contributed by atoms with E-state index in [1.165, 1.54) is 27.7 Å². The van der Waals surface area contributed by atoms with Crippen LogP contribution >= 0.6 is 0 Å². The van der Waals surface area contributed by atoms with Crippen molar-refractivity contribution in [2.45, 2.75) is 52.9 Å². The summed E-state index contributed by atoms with van der Waals surface area (Å²) in [6.45, 7) is 5.11. The van der Waals surface area contributed by atoms with Crippen LogP contribution in [0.1, 0.15) is 27.7 Å². The second kappa shape index (κ2) is 44.6. The molecule has 0 unspecified atom stereocenters. The summed E-state index contributed by atoms with van der Waals surface area (Å²) in [7, 11) is 0. The van der Waals surface area contributed by atoms with Crippen LogP contribution in [0, 0.1) is 0 Å². The molecule has 0 aromatic carbocycles. The summed E-state index contributed by atoms with van der Waals surface area (Å²) >= 11 is 0. The van der Waals surface area contributed by atoms with Crippen LogP contribution in [0.25, 0.3) is 16.8 Å². The topological polar surface area (TPSA) is 224 Å². The van der Waals surface area contributed by atoms with Gasteiger partial charge in [-0.2, -0.15) is 24.8 Å². The molecule has 0 fully saturated rings. The van der Waals surface area contributed by atoms with Gasteiger partial charge in [0.1, 0.15) is 25.2 Å². The van der Waals surface area contributed by atoms with Crippen LogP contribution in [0.2, 0.25) is 0 Å². The Hall–Kier alpha value is 0.317. The van der Waals surface area contributed by atoms with E-state index in [1.807, 2.05) is 0 Å². The second-order valence-electron chi connectivity index (χ2n) is 3.42. The van der Waals surface area contributed by atoms with Crippen LogP contribution in [0.5, 0.6) is 0 Å². The molecule has 0 aromatic heterocycles. The van der Waals surface area contributed by atoms with Crippen LogP contribution in [-0.4, -0.2) is 66.0 Å². The molecule has 0 aromatic rings. The molecule has 162 valence electrons. The van der Waals surface area contributed by atoms with Crippen LogP contribution in [0.3, 0.4) is 0 Å². The second-order valence-corrected chi connectivity index (χ2v) is 3.42. The zero-order valence-electron chi connectivity index (χ0n) is 14.9. The zero-order chi connectivity index (χ0) is 18.6. The number of nitrogens with two attached hydrogens (primary N) is 1. The first-order valence-electron chi connectivity index (χ1n) is 6.07. The van der Waals surface area contributed by atoms with Gasteiger partial charge in [-0.05, 0) is 27.7 Å². The molecule has 1 aliphatic rings. The Bertz CT molecular complexity index is 195. The van der Waals surface area contributed by atoms with E-state index in [2.05, 4.69) is 10.6 Å². The fourth-order valence-corrected chi connectivity index (χ4v) is 0.253. The van der Waals surface area contributed by atoms with Gasteiger partial charge in [0.25, 0.3) is 0 Å². The molecule has 26 heavy (non-hydrogen) atoms. The minimum atomic E-state index is -1.17. The summed E-state index contributed by atoms with van der Waals surface area (Å²) in [5.74, 6) is 0. The van der Waals surface area contributed by atoms with Crippen molar-refractivity contribution in [2.75, 3.05) is 0 Å². The van der Waals surface area contributed by atoms with Crippen molar-refractivity contribution in [2.24, 2.45) is 0 Å². The Balaban J connectivity index is -0.0000000254. The molecule has 0 radical (unpaired) electrons. The molecular formula is C12H30Cr3N3O8-3. The maximum absolute atomic E-state index is 7.61. The summed E-state index contributed by atoms with van der Waals surface area (Å²) in [4.78, 5) is 0. The molecule has 0 saturated heterocycles. The van der Waals surface area contributed by atoms with Gasteiger partial charge in [0, 0.05) is 52.1 Å². The number of nitrogens with zero attached hydrogens (tertiary/aromatic N) is 2. The van der Waals surface area contributed by atoms with E-state index in [9.17, 15) is 0 Å². The quantitative estimate of drug-likeness (QED) is 0.205. The third-order valence-corrected chi connectivity index (χ3v) is 0.478. The summed E-state index contributed by atoms with van der Waals surface area (Å²) in [6.07, 6.45) is 1.89. The molecule has 0 atom stereocenters. The van der Waals surface area contributed by atoms with Crippen molar-refractivity contribution in [3.05, 3.63) is 41.6 Å². The van der Waals surface area contributed by atoms with Gasteiger partial charge in [0.05, 0.1) is 0 Å². The molecule has 0 bridgehead atoms. The number of rotatable bonds is 0. The molecule has 1 aliphatic heterocycles. The molecule has 0 amide bonds. The monoisotopic (exact) mass is 500 g/mol. The third kappa shape index (κ3) is 331. The maximum Gasteiger partial charge on any atom is 0.148 e. The number of hydrogen-bond donors (Lipinski definition) is 8. The molecule has 11 nitrogen and oxygen atoms in total. The molecule has 10 N–H and O–H groups in total. The van der Waals surface area contributed by atoms with Gasteiger partial charge < -0.3 is 57.6 Å². The van der Waals surface area contributed by atoms with E-state index >= 15 is 0 Å². The van der Waals surface area contributed by atoms with Gasteiger partial charge in [0.15, 0.2) is 0 Å². The minimum absolute atomic E-state index is 0. The standard InChI is InChI=1S/C4H4N2.4C2H6O2.3Cr.H2N/c1-2-6-4-3-5-1;4*1-2(3)4;;;;/h1-4H;4*2-4H,1H3;;;;1H2/q-2;;;;;;;;-1. The molecule has 0 aliphatic carbocycles. The van der Waals surface area contributed by atoms with Crippen LogP contribution in [0.15, 0.2) is 24.8 Å². The van der Waals surface area contributed by atoms with Crippen molar-refractivity contribution in [3.8, 4) is 0 Å². The molecule has 1 rings (SSSR count). The first kappa shape index (κ1) is 50.3. The minimum Gasteiger partial charge on any atom is -0.693 e. The average Bonchev–Trinajstić information content (AvgIpc) is 2.28.